The molecule has 1 aromatic carbocycles. The summed E-state index contributed by atoms with van der Waals surface area (Å²) in [7, 11) is 0. The Morgan fingerprint density at radius 1 is 1.29 bits per heavy atom. The molecular weight excluding hydrogens is 364 g/mol. The predicted molar refractivity (Wildman–Crippen MR) is 97.0 cm³/mol. The van der Waals surface area contributed by atoms with E-state index in [1.54, 1.807) is 29.4 Å². The van der Waals surface area contributed by atoms with E-state index in [0.717, 1.165) is 12.1 Å². The van der Waals surface area contributed by atoms with Gasteiger partial charge in [-0.25, -0.2) is 13.8 Å². The highest BCUT2D eigenvalue weighted by atomic mass is 19.1. The fourth-order valence-electron chi connectivity index (χ4n) is 3.30. The van der Waals surface area contributed by atoms with Crippen LogP contribution >= 0.6 is 0 Å². The van der Waals surface area contributed by atoms with Gasteiger partial charge in [0.1, 0.15) is 17.5 Å². The average molecular weight is 379 g/mol. The SMILES string of the molecule is N#Cc1cc(F)c(CN2CCc3nc(-c4cccnc4)[nH]c(=O)c3C2)c(F)c1. The molecule has 0 aliphatic carbocycles. The number of halogens is 2. The quantitative estimate of drug-likeness (QED) is 0.756. The summed E-state index contributed by atoms with van der Waals surface area (Å²) < 4.78 is 28.3. The number of aromatic nitrogens is 3. The number of nitrogens with one attached hydrogen (secondary N) is 1. The molecule has 0 fully saturated rings. The summed E-state index contributed by atoms with van der Waals surface area (Å²) in [5.41, 5.74) is 1.44. The number of hydrogen-bond donors (Lipinski definition) is 1. The first-order chi connectivity index (χ1) is 13.5. The lowest BCUT2D eigenvalue weighted by molar-refractivity contribution is 0.235. The lowest BCUT2D eigenvalue weighted by Crippen LogP contribution is -2.35. The highest BCUT2D eigenvalue weighted by molar-refractivity contribution is 5.53. The van der Waals surface area contributed by atoms with Crippen molar-refractivity contribution in [1.29, 1.82) is 5.26 Å². The number of nitrogens with zero attached hydrogens (tertiary/aromatic N) is 4. The average Bonchev–Trinajstić information content (AvgIpc) is 2.71. The first-order valence-electron chi connectivity index (χ1n) is 8.68. The van der Waals surface area contributed by atoms with Crippen LogP contribution in [0.5, 0.6) is 0 Å². The summed E-state index contributed by atoms with van der Waals surface area (Å²) in [5.74, 6) is -1.07. The Kier molecular flexibility index (Phi) is 4.67. The molecule has 8 heteroatoms. The van der Waals surface area contributed by atoms with Crippen LogP contribution in [-0.4, -0.2) is 26.4 Å². The van der Waals surface area contributed by atoms with Crippen LogP contribution in [0.4, 0.5) is 8.78 Å². The van der Waals surface area contributed by atoms with Crippen LogP contribution in [0.25, 0.3) is 11.4 Å². The lowest BCUT2D eigenvalue weighted by atomic mass is 10.0. The van der Waals surface area contributed by atoms with Gasteiger partial charge >= 0.3 is 0 Å². The molecule has 1 aliphatic heterocycles. The molecule has 0 atom stereocenters. The molecule has 0 amide bonds. The number of nitriles is 1. The van der Waals surface area contributed by atoms with Gasteiger partial charge in [-0.1, -0.05) is 0 Å². The van der Waals surface area contributed by atoms with E-state index in [0.29, 0.717) is 35.6 Å². The molecule has 0 saturated heterocycles. The Morgan fingerprint density at radius 3 is 2.75 bits per heavy atom. The molecule has 0 radical (unpaired) electrons. The van der Waals surface area contributed by atoms with Crippen molar-refractivity contribution in [1.82, 2.24) is 19.9 Å². The van der Waals surface area contributed by atoms with Crippen LogP contribution < -0.4 is 5.56 Å². The molecule has 0 bridgehead atoms. The van der Waals surface area contributed by atoms with E-state index in [-0.39, 0.29) is 29.8 Å². The standard InChI is InChI=1S/C20H15F2N5O/c21-16-6-12(8-23)7-17(22)14(16)10-27-5-3-18-15(11-27)20(28)26-19(25-18)13-2-1-4-24-9-13/h1-2,4,6-7,9H,3,5,10-11H2,(H,25,26,28). The molecule has 1 aliphatic rings. The fraction of sp³-hybridized carbons (Fsp3) is 0.200. The molecule has 1 N–H and O–H groups in total. The van der Waals surface area contributed by atoms with Crippen molar-refractivity contribution in [2.24, 2.45) is 0 Å². The Balaban J connectivity index is 1.60. The van der Waals surface area contributed by atoms with E-state index < -0.39 is 11.6 Å². The predicted octanol–water partition coefficient (Wildman–Crippen LogP) is 2.54. The molecule has 3 heterocycles. The van der Waals surface area contributed by atoms with Gasteiger partial charge in [0, 0.05) is 49.6 Å². The second-order valence-electron chi connectivity index (χ2n) is 6.57. The van der Waals surface area contributed by atoms with Crippen LogP contribution in [-0.2, 0) is 19.5 Å². The summed E-state index contributed by atoms with van der Waals surface area (Å²) in [4.78, 5) is 25.7. The van der Waals surface area contributed by atoms with Crippen molar-refractivity contribution in [2.75, 3.05) is 6.54 Å². The minimum atomic E-state index is -0.763. The lowest BCUT2D eigenvalue weighted by Gasteiger charge is -2.28. The smallest absolute Gasteiger partial charge is 0.255 e. The third-order valence-corrected chi connectivity index (χ3v) is 4.73. The third-order valence-electron chi connectivity index (χ3n) is 4.73. The maximum Gasteiger partial charge on any atom is 0.255 e. The van der Waals surface area contributed by atoms with E-state index in [1.165, 1.54) is 0 Å². The van der Waals surface area contributed by atoms with Gasteiger partial charge in [-0.3, -0.25) is 14.7 Å². The molecule has 28 heavy (non-hydrogen) atoms. The van der Waals surface area contributed by atoms with Gasteiger partial charge in [0.15, 0.2) is 0 Å². The van der Waals surface area contributed by atoms with E-state index in [1.807, 2.05) is 6.07 Å². The van der Waals surface area contributed by atoms with Gasteiger partial charge in [-0.2, -0.15) is 5.26 Å². The summed E-state index contributed by atoms with van der Waals surface area (Å²) in [6.45, 7) is 0.755. The van der Waals surface area contributed by atoms with Crippen LogP contribution in [0.15, 0.2) is 41.5 Å². The summed E-state index contributed by atoms with van der Waals surface area (Å²) in [6, 6.07) is 7.33. The topological polar surface area (TPSA) is 85.7 Å². The van der Waals surface area contributed by atoms with E-state index in [2.05, 4.69) is 15.0 Å². The number of pyridine rings is 1. The van der Waals surface area contributed by atoms with Crippen molar-refractivity contribution in [3.05, 3.63) is 81.0 Å². The normalized spacial score (nSPS) is 13.8. The molecular formula is C20H15F2N5O. The van der Waals surface area contributed by atoms with Crippen LogP contribution in [0.3, 0.4) is 0 Å². The van der Waals surface area contributed by atoms with E-state index in [4.69, 9.17) is 5.26 Å². The second kappa shape index (κ2) is 7.29. The molecule has 0 spiro atoms. The Morgan fingerprint density at radius 2 is 2.07 bits per heavy atom. The zero-order chi connectivity index (χ0) is 19.7. The number of aromatic amines is 1. The maximum absolute atomic E-state index is 14.2. The molecule has 4 rings (SSSR count). The number of fused-ring (bicyclic) bond motifs is 1. The summed E-state index contributed by atoms with van der Waals surface area (Å²) >= 11 is 0. The third kappa shape index (κ3) is 3.40. The Hall–Kier alpha value is -3.44. The van der Waals surface area contributed by atoms with Gasteiger partial charge in [-0.05, 0) is 24.3 Å². The molecule has 2 aromatic heterocycles. The van der Waals surface area contributed by atoms with Crippen molar-refractivity contribution in [2.45, 2.75) is 19.5 Å². The maximum atomic E-state index is 14.2. The first kappa shape index (κ1) is 17.9. The molecule has 0 unspecified atom stereocenters. The van der Waals surface area contributed by atoms with Crippen molar-refractivity contribution in [3.8, 4) is 17.5 Å². The molecule has 3 aromatic rings. The number of H-pyrrole nitrogens is 1. The first-order valence-corrected chi connectivity index (χ1v) is 8.68. The molecule has 140 valence electrons. The monoisotopic (exact) mass is 379 g/mol. The van der Waals surface area contributed by atoms with Gasteiger partial charge in [0.25, 0.3) is 5.56 Å². The Labute approximate surface area is 159 Å². The highest BCUT2D eigenvalue weighted by Crippen LogP contribution is 2.22. The number of benzene rings is 1. The van der Waals surface area contributed by atoms with Crippen LogP contribution in [0.1, 0.15) is 22.4 Å². The van der Waals surface area contributed by atoms with E-state index >= 15 is 0 Å². The van der Waals surface area contributed by atoms with Gasteiger partial charge < -0.3 is 4.98 Å². The minimum absolute atomic E-state index is 0.00656. The van der Waals surface area contributed by atoms with Crippen molar-refractivity contribution in [3.63, 3.8) is 0 Å². The number of rotatable bonds is 3. The summed E-state index contributed by atoms with van der Waals surface area (Å²) in [6.07, 6.45) is 3.75. The fourth-order valence-corrected chi connectivity index (χ4v) is 3.30. The summed E-state index contributed by atoms with van der Waals surface area (Å²) in [5, 5.41) is 8.80. The molecule has 0 saturated carbocycles. The largest absolute Gasteiger partial charge is 0.306 e. The van der Waals surface area contributed by atoms with Gasteiger partial charge in [0.2, 0.25) is 0 Å². The second-order valence-corrected chi connectivity index (χ2v) is 6.57. The van der Waals surface area contributed by atoms with Gasteiger partial charge in [0.05, 0.1) is 22.9 Å². The zero-order valence-electron chi connectivity index (χ0n) is 14.7. The Bertz CT molecular complexity index is 1110. The minimum Gasteiger partial charge on any atom is -0.306 e. The number of hydrogen-bond acceptors (Lipinski definition) is 5. The highest BCUT2D eigenvalue weighted by Gasteiger charge is 2.23. The zero-order valence-corrected chi connectivity index (χ0v) is 14.7. The molecule has 6 nitrogen and oxygen atoms in total. The van der Waals surface area contributed by atoms with Crippen LogP contribution in [0, 0.1) is 23.0 Å². The van der Waals surface area contributed by atoms with Crippen molar-refractivity contribution < 1.29 is 8.78 Å². The van der Waals surface area contributed by atoms with Gasteiger partial charge in [-0.15, -0.1) is 0 Å². The van der Waals surface area contributed by atoms with Crippen LogP contribution in [0.2, 0.25) is 0 Å². The van der Waals surface area contributed by atoms with E-state index in [9.17, 15) is 13.6 Å². The van der Waals surface area contributed by atoms with Crippen molar-refractivity contribution >= 4 is 0 Å².